The first-order valence-electron chi connectivity index (χ1n) is 9.67. The third-order valence-electron chi connectivity index (χ3n) is 5.41. The first-order valence-corrected chi connectivity index (χ1v) is 12.3. The maximum atomic E-state index is 13.0. The SMILES string of the molecule is CCn1c(C2CC2)nn(CN2CCN(S(=O)(=O)c3cccc(Cl)c3Cl)CC2)c1=S. The summed E-state index contributed by atoms with van der Waals surface area (Å²) in [6.45, 7) is 5.41. The highest BCUT2D eigenvalue weighted by Gasteiger charge is 2.32. The molecule has 0 atom stereocenters. The Kier molecular flexibility index (Phi) is 6.07. The van der Waals surface area contributed by atoms with E-state index in [2.05, 4.69) is 16.4 Å². The summed E-state index contributed by atoms with van der Waals surface area (Å²) in [6.07, 6.45) is 2.35. The normalized spacial score (nSPS) is 19.0. The fraction of sp³-hybridized carbons (Fsp3) is 0.556. The van der Waals surface area contributed by atoms with Crippen LogP contribution in [0.4, 0.5) is 0 Å². The number of aromatic nitrogens is 3. The quantitative estimate of drug-likeness (QED) is 0.597. The minimum Gasteiger partial charge on any atom is -0.304 e. The van der Waals surface area contributed by atoms with E-state index in [4.69, 9.17) is 40.5 Å². The van der Waals surface area contributed by atoms with E-state index in [1.807, 2.05) is 4.68 Å². The molecule has 0 N–H and O–H groups in total. The van der Waals surface area contributed by atoms with Gasteiger partial charge in [0, 0.05) is 38.6 Å². The molecule has 2 aromatic rings. The molecule has 0 radical (unpaired) electrons. The summed E-state index contributed by atoms with van der Waals surface area (Å²) in [5, 5.41) is 5.05. The van der Waals surface area contributed by atoms with Gasteiger partial charge in [-0.25, -0.2) is 13.1 Å². The molecule has 0 amide bonds. The number of hydrogen-bond acceptors (Lipinski definition) is 5. The predicted molar refractivity (Wildman–Crippen MR) is 115 cm³/mol. The summed E-state index contributed by atoms with van der Waals surface area (Å²) < 4.78 is 32.1. The Hall–Kier alpha value is -0.970. The summed E-state index contributed by atoms with van der Waals surface area (Å²) in [5.74, 6) is 1.61. The summed E-state index contributed by atoms with van der Waals surface area (Å²) >= 11 is 17.7. The zero-order valence-corrected chi connectivity index (χ0v) is 19.2. The molecule has 4 rings (SSSR count). The van der Waals surface area contributed by atoms with Crippen LogP contribution in [0.1, 0.15) is 31.5 Å². The van der Waals surface area contributed by atoms with Crippen LogP contribution < -0.4 is 0 Å². The number of nitrogens with zero attached hydrogens (tertiary/aromatic N) is 5. The van der Waals surface area contributed by atoms with Crippen molar-refractivity contribution in [3.05, 3.63) is 38.8 Å². The van der Waals surface area contributed by atoms with Crippen LogP contribution in [-0.4, -0.2) is 58.1 Å². The van der Waals surface area contributed by atoms with Crippen LogP contribution in [0.5, 0.6) is 0 Å². The van der Waals surface area contributed by atoms with E-state index in [0.29, 0.717) is 38.8 Å². The molecule has 158 valence electrons. The second-order valence-electron chi connectivity index (χ2n) is 7.37. The third kappa shape index (κ3) is 4.13. The molecule has 11 heteroatoms. The molecule has 1 aromatic carbocycles. The van der Waals surface area contributed by atoms with Gasteiger partial charge in [-0.05, 0) is 44.1 Å². The summed E-state index contributed by atoms with van der Waals surface area (Å²) in [6, 6.07) is 4.67. The molecule has 0 unspecified atom stereocenters. The van der Waals surface area contributed by atoms with Crippen molar-refractivity contribution >= 4 is 45.4 Å². The number of halogens is 2. The average Bonchev–Trinajstić information content (AvgIpc) is 3.50. The molecular weight excluding hydrogens is 453 g/mol. The lowest BCUT2D eigenvalue weighted by molar-refractivity contribution is 0.144. The Labute approximate surface area is 185 Å². The molecule has 2 heterocycles. The Balaban J connectivity index is 1.45. The fourth-order valence-electron chi connectivity index (χ4n) is 3.61. The van der Waals surface area contributed by atoms with Gasteiger partial charge in [0.15, 0.2) is 4.77 Å². The molecule has 7 nitrogen and oxygen atoms in total. The monoisotopic (exact) mass is 475 g/mol. The van der Waals surface area contributed by atoms with Gasteiger partial charge >= 0.3 is 0 Å². The molecule has 1 saturated carbocycles. The van der Waals surface area contributed by atoms with Crippen molar-refractivity contribution in [2.75, 3.05) is 26.2 Å². The predicted octanol–water partition coefficient (Wildman–Crippen LogP) is 3.58. The first kappa shape index (κ1) is 21.3. The number of rotatable bonds is 6. The van der Waals surface area contributed by atoms with Gasteiger partial charge in [-0.1, -0.05) is 29.3 Å². The zero-order chi connectivity index (χ0) is 20.8. The second-order valence-corrected chi connectivity index (χ2v) is 10.4. The maximum Gasteiger partial charge on any atom is 0.244 e. The van der Waals surface area contributed by atoms with Gasteiger partial charge in [-0.3, -0.25) is 4.90 Å². The molecule has 1 aromatic heterocycles. The Morgan fingerprint density at radius 3 is 2.48 bits per heavy atom. The van der Waals surface area contributed by atoms with Crippen molar-refractivity contribution in [1.82, 2.24) is 23.6 Å². The van der Waals surface area contributed by atoms with Crippen LogP contribution in [0, 0.1) is 4.77 Å². The van der Waals surface area contributed by atoms with Gasteiger partial charge in [-0.2, -0.15) is 9.40 Å². The van der Waals surface area contributed by atoms with E-state index in [1.54, 1.807) is 12.1 Å². The van der Waals surface area contributed by atoms with Crippen LogP contribution in [0.3, 0.4) is 0 Å². The van der Waals surface area contributed by atoms with Crippen molar-refractivity contribution < 1.29 is 8.42 Å². The summed E-state index contributed by atoms with van der Waals surface area (Å²) in [4.78, 5) is 2.23. The average molecular weight is 476 g/mol. The van der Waals surface area contributed by atoms with Gasteiger partial charge in [0.05, 0.1) is 16.7 Å². The fourth-order valence-corrected chi connectivity index (χ4v) is 6.09. The molecule has 2 fully saturated rings. The van der Waals surface area contributed by atoms with Crippen molar-refractivity contribution in [2.45, 2.75) is 43.8 Å². The minimum absolute atomic E-state index is 0.0538. The lowest BCUT2D eigenvalue weighted by atomic mass is 10.4. The maximum absolute atomic E-state index is 13.0. The second kappa shape index (κ2) is 8.28. The summed E-state index contributed by atoms with van der Waals surface area (Å²) in [7, 11) is -3.69. The lowest BCUT2D eigenvalue weighted by Gasteiger charge is -2.33. The third-order valence-corrected chi connectivity index (χ3v) is 8.71. The van der Waals surface area contributed by atoms with E-state index in [9.17, 15) is 8.42 Å². The van der Waals surface area contributed by atoms with Crippen LogP contribution >= 0.6 is 35.4 Å². The molecule has 1 aliphatic carbocycles. The topological polar surface area (TPSA) is 63.4 Å². The molecule has 0 bridgehead atoms. The van der Waals surface area contributed by atoms with Crippen molar-refractivity contribution in [3.8, 4) is 0 Å². The van der Waals surface area contributed by atoms with Gasteiger partial charge in [0.25, 0.3) is 0 Å². The van der Waals surface area contributed by atoms with Gasteiger partial charge in [0.2, 0.25) is 10.0 Å². The van der Waals surface area contributed by atoms with Crippen LogP contribution in [-0.2, 0) is 23.2 Å². The number of sulfonamides is 1. The van der Waals surface area contributed by atoms with Crippen molar-refractivity contribution in [3.63, 3.8) is 0 Å². The zero-order valence-electron chi connectivity index (χ0n) is 16.1. The van der Waals surface area contributed by atoms with Gasteiger partial charge < -0.3 is 4.57 Å². The lowest BCUT2D eigenvalue weighted by Crippen LogP contribution is -2.49. The molecular formula is C18H23Cl2N5O2S2. The summed E-state index contributed by atoms with van der Waals surface area (Å²) in [5.41, 5.74) is 0. The highest BCUT2D eigenvalue weighted by Crippen LogP contribution is 2.39. The molecule has 1 aliphatic heterocycles. The van der Waals surface area contributed by atoms with E-state index in [0.717, 1.165) is 17.1 Å². The standard InChI is InChI=1S/C18H23Cl2N5O2S2/c1-2-24-17(13-6-7-13)21-25(18(24)28)12-22-8-10-23(11-9-22)29(26,27)15-5-3-4-14(19)16(15)20/h3-5,13H,2,6-12H2,1H3. The van der Waals surface area contributed by atoms with Gasteiger partial charge in [0.1, 0.15) is 10.7 Å². The van der Waals surface area contributed by atoms with Crippen molar-refractivity contribution in [1.29, 1.82) is 0 Å². The Morgan fingerprint density at radius 2 is 1.86 bits per heavy atom. The van der Waals surface area contributed by atoms with Crippen LogP contribution in [0.2, 0.25) is 10.0 Å². The molecule has 1 saturated heterocycles. The van der Waals surface area contributed by atoms with E-state index in [1.165, 1.54) is 23.2 Å². The minimum atomic E-state index is -3.69. The highest BCUT2D eigenvalue weighted by atomic mass is 35.5. The first-order chi connectivity index (χ1) is 13.8. The van der Waals surface area contributed by atoms with E-state index in [-0.39, 0.29) is 14.9 Å². The highest BCUT2D eigenvalue weighted by molar-refractivity contribution is 7.89. The Morgan fingerprint density at radius 1 is 1.17 bits per heavy atom. The Bertz CT molecular complexity index is 1070. The van der Waals surface area contributed by atoms with Crippen LogP contribution in [0.25, 0.3) is 0 Å². The largest absolute Gasteiger partial charge is 0.304 e. The van der Waals surface area contributed by atoms with E-state index >= 15 is 0 Å². The smallest absolute Gasteiger partial charge is 0.244 e. The van der Waals surface area contributed by atoms with E-state index < -0.39 is 10.0 Å². The number of hydrogen-bond donors (Lipinski definition) is 0. The van der Waals surface area contributed by atoms with Crippen molar-refractivity contribution in [2.24, 2.45) is 0 Å². The molecule has 0 spiro atoms. The van der Waals surface area contributed by atoms with Crippen LogP contribution in [0.15, 0.2) is 23.1 Å². The molecule has 2 aliphatic rings. The number of benzene rings is 1. The van der Waals surface area contributed by atoms with Gasteiger partial charge in [-0.15, -0.1) is 0 Å². The molecule has 29 heavy (non-hydrogen) atoms. The number of piperazine rings is 1.